The molecule has 0 saturated carbocycles. The monoisotopic (exact) mass is 237 g/mol. The van der Waals surface area contributed by atoms with Crippen LogP contribution in [0, 0.1) is 39.9 Å². The molecule has 0 aliphatic heterocycles. The highest BCUT2D eigenvalue weighted by Gasteiger charge is 2.19. The summed E-state index contributed by atoms with van der Waals surface area (Å²) in [5.74, 6) is 0.436. The number of rotatable bonds is 4. The van der Waals surface area contributed by atoms with E-state index in [1.165, 1.54) is 0 Å². The van der Waals surface area contributed by atoms with Crippen LogP contribution in [0.3, 0.4) is 0 Å². The third kappa shape index (κ3) is 3.09. The van der Waals surface area contributed by atoms with Gasteiger partial charge in [0.05, 0.1) is 29.3 Å². The van der Waals surface area contributed by atoms with E-state index in [9.17, 15) is 0 Å². The molecule has 0 spiro atoms. The Balaban J connectivity index is 3.25. The first-order valence-electron chi connectivity index (χ1n) is 5.98. The molecule has 1 aromatic rings. The molecular formula is C15H15N3. The molecule has 0 saturated heterocycles. The SMILES string of the molecule is CCC(C)C(CC#N)c1cc(C#N)cc(C#N)c1. The third-order valence-corrected chi connectivity index (χ3v) is 3.28. The van der Waals surface area contributed by atoms with Crippen LogP contribution in [0.5, 0.6) is 0 Å². The Kier molecular flexibility index (Phi) is 4.91. The fourth-order valence-electron chi connectivity index (χ4n) is 2.03. The smallest absolute Gasteiger partial charge is 0.0992 e. The van der Waals surface area contributed by atoms with Gasteiger partial charge in [0.1, 0.15) is 0 Å². The van der Waals surface area contributed by atoms with E-state index < -0.39 is 0 Å². The second-order valence-corrected chi connectivity index (χ2v) is 4.42. The zero-order valence-corrected chi connectivity index (χ0v) is 10.6. The van der Waals surface area contributed by atoms with Crippen LogP contribution in [0.2, 0.25) is 0 Å². The predicted octanol–water partition coefficient (Wildman–Crippen LogP) is 3.47. The van der Waals surface area contributed by atoms with Crippen LogP contribution in [0.15, 0.2) is 18.2 Å². The lowest BCUT2D eigenvalue weighted by Crippen LogP contribution is -2.09. The van der Waals surface area contributed by atoms with Gasteiger partial charge in [0, 0.05) is 6.42 Å². The van der Waals surface area contributed by atoms with Gasteiger partial charge in [-0.05, 0) is 35.6 Å². The van der Waals surface area contributed by atoms with Gasteiger partial charge in [0.25, 0.3) is 0 Å². The molecule has 3 nitrogen and oxygen atoms in total. The number of benzene rings is 1. The number of nitrogens with zero attached hydrogens (tertiary/aromatic N) is 3. The van der Waals surface area contributed by atoms with E-state index in [1.54, 1.807) is 18.2 Å². The topological polar surface area (TPSA) is 71.4 Å². The summed E-state index contributed by atoms with van der Waals surface area (Å²) in [6, 6.07) is 11.5. The fraction of sp³-hybridized carbons (Fsp3) is 0.400. The van der Waals surface area contributed by atoms with Gasteiger partial charge >= 0.3 is 0 Å². The number of nitriles is 3. The van der Waals surface area contributed by atoms with Crippen molar-refractivity contribution in [1.82, 2.24) is 0 Å². The number of hydrogen-bond donors (Lipinski definition) is 0. The van der Waals surface area contributed by atoms with Crippen LogP contribution in [0.25, 0.3) is 0 Å². The summed E-state index contributed by atoms with van der Waals surface area (Å²) in [5.41, 5.74) is 1.88. The lowest BCUT2D eigenvalue weighted by atomic mass is 9.82. The molecule has 18 heavy (non-hydrogen) atoms. The summed E-state index contributed by atoms with van der Waals surface area (Å²) in [6.07, 6.45) is 1.37. The molecule has 0 aliphatic rings. The van der Waals surface area contributed by atoms with Gasteiger partial charge in [0.2, 0.25) is 0 Å². The van der Waals surface area contributed by atoms with Gasteiger partial charge in [0.15, 0.2) is 0 Å². The Morgan fingerprint density at radius 2 is 1.61 bits per heavy atom. The summed E-state index contributed by atoms with van der Waals surface area (Å²) in [4.78, 5) is 0. The van der Waals surface area contributed by atoms with Crippen LogP contribution in [-0.2, 0) is 0 Å². The molecule has 2 unspecified atom stereocenters. The summed E-state index contributed by atoms with van der Waals surface area (Å²) in [5, 5.41) is 26.8. The van der Waals surface area contributed by atoms with Crippen molar-refractivity contribution in [3.8, 4) is 18.2 Å². The number of hydrogen-bond acceptors (Lipinski definition) is 3. The Morgan fingerprint density at radius 3 is 2.00 bits per heavy atom. The molecule has 1 rings (SSSR count). The Morgan fingerprint density at radius 1 is 1.06 bits per heavy atom. The molecule has 0 radical (unpaired) electrons. The molecule has 0 heterocycles. The highest BCUT2D eigenvalue weighted by molar-refractivity contribution is 5.44. The molecule has 1 aromatic carbocycles. The molecule has 90 valence electrons. The van der Waals surface area contributed by atoms with Gasteiger partial charge in [-0.25, -0.2) is 0 Å². The summed E-state index contributed by atoms with van der Waals surface area (Å²) >= 11 is 0. The lowest BCUT2D eigenvalue weighted by molar-refractivity contribution is 0.451. The van der Waals surface area contributed by atoms with Crippen molar-refractivity contribution in [2.75, 3.05) is 0 Å². The molecule has 0 amide bonds. The van der Waals surface area contributed by atoms with Crippen LogP contribution in [-0.4, -0.2) is 0 Å². The fourth-order valence-corrected chi connectivity index (χ4v) is 2.03. The van der Waals surface area contributed by atoms with E-state index in [2.05, 4.69) is 32.1 Å². The van der Waals surface area contributed by atoms with Gasteiger partial charge in [-0.2, -0.15) is 15.8 Å². The van der Waals surface area contributed by atoms with Crippen LogP contribution in [0.1, 0.15) is 49.3 Å². The van der Waals surface area contributed by atoms with Crippen molar-refractivity contribution < 1.29 is 0 Å². The van der Waals surface area contributed by atoms with Gasteiger partial charge in [-0.15, -0.1) is 0 Å². The quantitative estimate of drug-likeness (QED) is 0.804. The van der Waals surface area contributed by atoms with E-state index in [4.69, 9.17) is 15.8 Å². The highest BCUT2D eigenvalue weighted by Crippen LogP contribution is 2.31. The van der Waals surface area contributed by atoms with E-state index in [-0.39, 0.29) is 5.92 Å². The first-order chi connectivity index (χ1) is 8.65. The van der Waals surface area contributed by atoms with Crippen molar-refractivity contribution >= 4 is 0 Å². The van der Waals surface area contributed by atoms with E-state index in [1.807, 2.05) is 0 Å². The summed E-state index contributed by atoms with van der Waals surface area (Å²) in [6.45, 7) is 4.17. The maximum Gasteiger partial charge on any atom is 0.0992 e. The molecule has 0 aliphatic carbocycles. The highest BCUT2D eigenvalue weighted by atomic mass is 14.3. The summed E-state index contributed by atoms with van der Waals surface area (Å²) < 4.78 is 0. The Bertz CT molecular complexity index is 508. The second-order valence-electron chi connectivity index (χ2n) is 4.42. The second kappa shape index (κ2) is 6.43. The van der Waals surface area contributed by atoms with E-state index in [0.717, 1.165) is 12.0 Å². The minimum Gasteiger partial charge on any atom is -0.198 e. The Hall–Kier alpha value is -2.31. The van der Waals surface area contributed by atoms with Crippen molar-refractivity contribution in [1.29, 1.82) is 15.8 Å². The summed E-state index contributed by atoms with van der Waals surface area (Å²) in [7, 11) is 0. The molecule has 2 atom stereocenters. The first kappa shape index (κ1) is 13.8. The predicted molar refractivity (Wildman–Crippen MR) is 68.3 cm³/mol. The third-order valence-electron chi connectivity index (χ3n) is 3.28. The van der Waals surface area contributed by atoms with Crippen molar-refractivity contribution in [2.45, 2.75) is 32.6 Å². The minimum atomic E-state index is 0.0837. The normalized spacial score (nSPS) is 12.8. The van der Waals surface area contributed by atoms with E-state index >= 15 is 0 Å². The first-order valence-corrected chi connectivity index (χ1v) is 5.98. The van der Waals surface area contributed by atoms with Crippen LogP contribution < -0.4 is 0 Å². The average molecular weight is 237 g/mol. The van der Waals surface area contributed by atoms with Crippen molar-refractivity contribution in [3.63, 3.8) is 0 Å². The minimum absolute atomic E-state index is 0.0837. The molecule has 0 N–H and O–H groups in total. The van der Waals surface area contributed by atoms with Gasteiger partial charge in [-0.3, -0.25) is 0 Å². The molecule has 3 heteroatoms. The van der Waals surface area contributed by atoms with Crippen LogP contribution in [0.4, 0.5) is 0 Å². The van der Waals surface area contributed by atoms with Crippen LogP contribution >= 0.6 is 0 Å². The standard InChI is InChI=1S/C15H15N3/c1-3-11(2)15(4-5-16)14-7-12(9-17)6-13(8-14)10-18/h6-8,11,15H,3-4H2,1-2H3. The van der Waals surface area contributed by atoms with Crippen molar-refractivity contribution in [2.24, 2.45) is 5.92 Å². The maximum atomic E-state index is 8.97. The van der Waals surface area contributed by atoms with E-state index in [0.29, 0.717) is 23.5 Å². The maximum absolute atomic E-state index is 8.97. The average Bonchev–Trinajstić information content (AvgIpc) is 2.43. The zero-order valence-electron chi connectivity index (χ0n) is 10.6. The lowest BCUT2D eigenvalue weighted by Gasteiger charge is -2.21. The van der Waals surface area contributed by atoms with Gasteiger partial charge < -0.3 is 0 Å². The zero-order chi connectivity index (χ0) is 13.5. The molecule has 0 bridgehead atoms. The molecular weight excluding hydrogens is 222 g/mol. The molecule has 0 fully saturated rings. The van der Waals surface area contributed by atoms with Crippen molar-refractivity contribution in [3.05, 3.63) is 34.9 Å². The van der Waals surface area contributed by atoms with Gasteiger partial charge in [-0.1, -0.05) is 20.3 Å². The molecule has 0 aromatic heterocycles. The largest absolute Gasteiger partial charge is 0.198 e. The Labute approximate surface area is 108 Å².